The molecule has 0 aliphatic carbocycles. The van der Waals surface area contributed by atoms with Crippen LogP contribution in [0.1, 0.15) is 36.8 Å². The number of nitrogens with one attached hydrogen (secondary N) is 1. The van der Waals surface area contributed by atoms with Gasteiger partial charge in [0.2, 0.25) is 12.9 Å². The highest BCUT2D eigenvalue weighted by Crippen LogP contribution is 2.38. The Morgan fingerprint density at radius 1 is 1.02 bits per heavy atom. The summed E-state index contributed by atoms with van der Waals surface area (Å²) in [4.78, 5) is 74.3. The van der Waals surface area contributed by atoms with Gasteiger partial charge < -0.3 is 29.1 Å². The first-order valence-corrected chi connectivity index (χ1v) is 16.6. The number of thioether (sulfide) groups is 1. The molecule has 0 spiro atoms. The van der Waals surface area contributed by atoms with Crippen molar-refractivity contribution in [1.82, 2.24) is 15.2 Å². The van der Waals surface area contributed by atoms with Crippen LogP contribution in [0.2, 0.25) is 0 Å². The topological polar surface area (TPSA) is 172 Å². The number of ether oxygens (including phenoxy) is 4. The number of β-lactam (4-membered cyclic amide) rings is 1. The lowest BCUT2D eigenvalue weighted by Gasteiger charge is -2.48. The van der Waals surface area contributed by atoms with Gasteiger partial charge in [0, 0.05) is 18.1 Å². The summed E-state index contributed by atoms with van der Waals surface area (Å²) in [7, 11) is 0. The van der Waals surface area contributed by atoms with Crippen molar-refractivity contribution in [2.75, 3.05) is 19.0 Å². The average Bonchev–Trinajstić information content (AvgIpc) is 3.63. The number of hydrogen-bond donors (Lipinski definition) is 1. The third kappa shape index (κ3) is 8.19. The van der Waals surface area contributed by atoms with Gasteiger partial charge in [-0.3, -0.25) is 14.5 Å². The van der Waals surface area contributed by atoms with Gasteiger partial charge in [-0.15, -0.1) is 23.1 Å². The van der Waals surface area contributed by atoms with Crippen molar-refractivity contribution in [2.24, 2.45) is 5.16 Å². The third-order valence-corrected chi connectivity index (χ3v) is 8.59. The van der Waals surface area contributed by atoms with E-state index in [1.807, 2.05) is 60.7 Å². The molecule has 0 radical (unpaired) electrons. The fourth-order valence-corrected chi connectivity index (χ4v) is 6.43. The van der Waals surface area contributed by atoms with E-state index >= 15 is 0 Å². The van der Waals surface area contributed by atoms with Crippen LogP contribution in [0.15, 0.2) is 88.5 Å². The highest BCUT2D eigenvalue weighted by Gasteiger charge is 2.53. The maximum Gasteiger partial charge on any atom is 0.511 e. The molecule has 3 aromatic rings. The van der Waals surface area contributed by atoms with E-state index in [1.54, 1.807) is 12.3 Å². The molecule has 48 heavy (non-hydrogen) atoms. The van der Waals surface area contributed by atoms with Gasteiger partial charge in [-0.2, -0.15) is 0 Å². The van der Waals surface area contributed by atoms with E-state index in [0.717, 1.165) is 11.1 Å². The Balaban J connectivity index is 1.21. The molecule has 16 heteroatoms. The summed E-state index contributed by atoms with van der Waals surface area (Å²) in [5.41, 5.74) is 2.85. The highest BCUT2D eigenvalue weighted by molar-refractivity contribution is 8.00. The molecule has 2 aromatic carbocycles. The van der Waals surface area contributed by atoms with E-state index in [9.17, 15) is 24.0 Å². The SMILES string of the molecule is CCOC(=O)OC(C)OC(=O)C1=CCS[C@@H]2C(NC(=O)C(=NOCC(=O)OC(c3ccccc3)c3ccccc3)c3cscn3)C(=O)N12. The van der Waals surface area contributed by atoms with Crippen LogP contribution in [0, 0.1) is 0 Å². The second-order valence-electron chi connectivity index (χ2n) is 10.0. The number of esters is 2. The molecule has 3 heterocycles. The lowest BCUT2D eigenvalue weighted by atomic mass is 10.0. The smallest absolute Gasteiger partial charge is 0.450 e. The van der Waals surface area contributed by atoms with Gasteiger partial charge >= 0.3 is 18.1 Å². The first kappa shape index (κ1) is 34.1. The Morgan fingerprint density at radius 3 is 2.33 bits per heavy atom. The first-order valence-electron chi connectivity index (χ1n) is 14.6. The lowest BCUT2D eigenvalue weighted by Crippen LogP contribution is -2.70. The van der Waals surface area contributed by atoms with Crippen molar-refractivity contribution in [3.63, 3.8) is 0 Å². The van der Waals surface area contributed by atoms with Crippen LogP contribution >= 0.6 is 23.1 Å². The van der Waals surface area contributed by atoms with Gasteiger partial charge in [0.05, 0.1) is 12.1 Å². The van der Waals surface area contributed by atoms with E-state index < -0.39 is 60.3 Å². The highest BCUT2D eigenvalue weighted by atomic mass is 32.2. The summed E-state index contributed by atoms with van der Waals surface area (Å²) in [6.07, 6.45) is -1.46. The Kier molecular flexibility index (Phi) is 11.4. The van der Waals surface area contributed by atoms with E-state index in [2.05, 4.69) is 20.2 Å². The minimum absolute atomic E-state index is 0.0481. The summed E-state index contributed by atoms with van der Waals surface area (Å²) >= 11 is 2.52. The quantitative estimate of drug-likeness (QED) is 0.0690. The van der Waals surface area contributed by atoms with Crippen molar-refractivity contribution >= 4 is 58.7 Å². The molecule has 2 amide bonds. The van der Waals surface area contributed by atoms with Crippen LogP contribution in [0.4, 0.5) is 4.79 Å². The molecule has 1 N–H and O–H groups in total. The zero-order valence-electron chi connectivity index (χ0n) is 25.7. The minimum Gasteiger partial charge on any atom is -0.450 e. The van der Waals surface area contributed by atoms with E-state index in [4.69, 9.17) is 19.0 Å². The average molecular weight is 695 g/mol. The van der Waals surface area contributed by atoms with Gasteiger partial charge in [0.1, 0.15) is 22.8 Å². The fraction of sp³-hybridized carbons (Fsp3) is 0.281. The number of oxime groups is 1. The predicted molar refractivity (Wildman–Crippen MR) is 172 cm³/mol. The summed E-state index contributed by atoms with van der Waals surface area (Å²) in [6, 6.07) is 17.4. The molecule has 250 valence electrons. The van der Waals surface area contributed by atoms with Gasteiger partial charge in [-0.1, -0.05) is 65.8 Å². The molecule has 0 saturated carbocycles. The number of rotatable bonds is 13. The van der Waals surface area contributed by atoms with Crippen molar-refractivity contribution in [2.45, 2.75) is 37.7 Å². The van der Waals surface area contributed by atoms with Gasteiger partial charge in [0.25, 0.3) is 11.8 Å². The number of hydrogen-bond acceptors (Lipinski definition) is 14. The van der Waals surface area contributed by atoms with Crippen molar-refractivity contribution in [3.05, 3.63) is 100 Å². The van der Waals surface area contributed by atoms with Crippen LogP contribution < -0.4 is 5.32 Å². The Bertz CT molecular complexity index is 1650. The molecular weight excluding hydrogens is 665 g/mol. The molecule has 1 saturated heterocycles. The van der Waals surface area contributed by atoms with Crippen molar-refractivity contribution < 1.29 is 47.8 Å². The van der Waals surface area contributed by atoms with Gasteiger partial charge in [0.15, 0.2) is 11.8 Å². The summed E-state index contributed by atoms with van der Waals surface area (Å²) in [5.74, 6) is -2.64. The predicted octanol–water partition coefficient (Wildman–Crippen LogP) is 3.54. The number of nitrogens with zero attached hydrogens (tertiary/aromatic N) is 3. The summed E-state index contributed by atoms with van der Waals surface area (Å²) in [6.45, 7) is 2.39. The van der Waals surface area contributed by atoms with Crippen LogP contribution in [-0.4, -0.2) is 82.2 Å². The summed E-state index contributed by atoms with van der Waals surface area (Å²) < 4.78 is 20.4. The second kappa shape index (κ2) is 16.1. The molecule has 2 aliphatic rings. The molecule has 1 aromatic heterocycles. The second-order valence-corrected chi connectivity index (χ2v) is 11.9. The maximum absolute atomic E-state index is 13.4. The zero-order valence-corrected chi connectivity index (χ0v) is 27.3. The Morgan fingerprint density at radius 2 is 1.71 bits per heavy atom. The van der Waals surface area contributed by atoms with Gasteiger partial charge in [-0.05, 0) is 24.1 Å². The molecular formula is C32H30N4O10S2. The molecule has 3 atom stereocenters. The van der Waals surface area contributed by atoms with E-state index in [-0.39, 0.29) is 23.7 Å². The monoisotopic (exact) mass is 694 g/mol. The molecule has 5 rings (SSSR count). The Labute approximate surface area is 283 Å². The van der Waals surface area contributed by atoms with E-state index in [0.29, 0.717) is 5.75 Å². The first-order chi connectivity index (χ1) is 23.3. The third-order valence-electron chi connectivity index (χ3n) is 6.82. The fourth-order valence-electron chi connectivity index (χ4n) is 4.69. The van der Waals surface area contributed by atoms with Crippen molar-refractivity contribution in [3.8, 4) is 0 Å². The van der Waals surface area contributed by atoms with Gasteiger partial charge in [-0.25, -0.2) is 19.4 Å². The molecule has 2 unspecified atom stereocenters. The van der Waals surface area contributed by atoms with Crippen LogP contribution in [0.3, 0.4) is 0 Å². The molecule has 14 nitrogen and oxygen atoms in total. The summed E-state index contributed by atoms with van der Waals surface area (Å²) in [5, 5.41) is 7.45. The number of benzene rings is 2. The Hall–Kier alpha value is -5.22. The van der Waals surface area contributed by atoms with Crippen LogP contribution in [0.5, 0.6) is 0 Å². The van der Waals surface area contributed by atoms with Crippen molar-refractivity contribution in [1.29, 1.82) is 0 Å². The number of amides is 2. The zero-order chi connectivity index (χ0) is 34.0. The maximum atomic E-state index is 13.4. The largest absolute Gasteiger partial charge is 0.511 e. The number of fused-ring (bicyclic) bond motifs is 1. The number of thiazole rings is 1. The molecule has 0 bridgehead atoms. The molecule has 1 fully saturated rings. The number of aromatic nitrogens is 1. The number of carbonyl (C=O) groups excluding carboxylic acids is 5. The van der Waals surface area contributed by atoms with Crippen LogP contribution in [-0.2, 0) is 43.0 Å². The van der Waals surface area contributed by atoms with E-state index in [1.165, 1.54) is 46.5 Å². The molecule has 2 aliphatic heterocycles. The number of carbonyl (C=O) groups is 5. The van der Waals surface area contributed by atoms with Crippen LogP contribution in [0.25, 0.3) is 0 Å². The normalized spacial score (nSPS) is 17.6. The standard InChI is InChI=1S/C32H30N4O10S2/c1-3-42-32(41)45-19(2)44-31(40)23-14-15-48-30-26(29(39)36(23)30)34-28(38)25(22-17-47-18-33-22)35-43-16-24(37)46-27(20-10-6-4-7-11-20)21-12-8-5-9-13-21/h4-14,17-19,26-27,30H,3,15-16H2,1-2H3,(H,34,38)/t19?,26?,30-/m1/s1. The lowest BCUT2D eigenvalue weighted by molar-refractivity contribution is -0.168. The minimum atomic E-state index is -1.27.